The fourth-order valence-corrected chi connectivity index (χ4v) is 7.33. The highest BCUT2D eigenvalue weighted by Crippen LogP contribution is 2.14. The predicted molar refractivity (Wildman–Crippen MR) is 293 cm³/mol. The molecule has 0 amide bonds. The van der Waals surface area contributed by atoms with E-state index in [1.807, 2.05) is 0 Å². The maximum atomic E-state index is 12.8. The molecule has 0 radical (unpaired) electrons. The zero-order chi connectivity index (χ0) is 49.3. The smallest absolute Gasteiger partial charge is 0.306 e. The van der Waals surface area contributed by atoms with Gasteiger partial charge in [-0.1, -0.05) is 226 Å². The average Bonchev–Trinajstić information content (AvgIpc) is 3.34. The second kappa shape index (κ2) is 55.7. The SMILES string of the molecule is CC/C=C\C/C=C\C/C=C\C/C=C\C/C=C\CCCCCC(=O)OC[C@H](COC(=O)CCCCC/C=C\C/C=C\C/C=C\C/C=C\CCCCC)OC(=O)CCCCCCCCCCCCCC. The standard InChI is InChI=1S/C62H102O6/c1-4-7-10-13-16-19-22-25-27-29-31-33-35-37-40-42-45-48-51-54-60(63)66-57-59(68-62(65)56-53-50-47-44-39-24-21-18-15-12-9-6-3)58-67-61(64)55-52-49-46-43-41-38-36-34-32-30-28-26-23-20-17-14-11-8-5-2/h7,10,16-17,19-20,25-28,31-34,37-38,40-41,59H,4-6,8-9,11-15,18,21-24,29-30,35-36,39,42-58H2,1-3H3/b10-7-,19-16-,20-17-,27-25-,28-26-,33-31-,34-32-,40-37-,41-38-/t59-/m1/s1. The summed E-state index contributed by atoms with van der Waals surface area (Å²) in [5.41, 5.74) is 0. The predicted octanol–water partition coefficient (Wildman–Crippen LogP) is 18.7. The summed E-state index contributed by atoms with van der Waals surface area (Å²) in [5.74, 6) is -0.966. The van der Waals surface area contributed by atoms with Crippen molar-refractivity contribution in [3.63, 3.8) is 0 Å². The Morgan fingerprint density at radius 2 is 0.574 bits per heavy atom. The van der Waals surface area contributed by atoms with Crippen molar-refractivity contribution in [3.05, 3.63) is 109 Å². The summed E-state index contributed by atoms with van der Waals surface area (Å²) < 4.78 is 16.8. The van der Waals surface area contributed by atoms with Crippen molar-refractivity contribution in [2.45, 2.75) is 252 Å². The minimum atomic E-state index is -0.805. The highest BCUT2D eigenvalue weighted by atomic mass is 16.6. The molecule has 0 aliphatic heterocycles. The van der Waals surface area contributed by atoms with Gasteiger partial charge in [0.2, 0.25) is 0 Å². The average molecular weight is 943 g/mol. The lowest BCUT2D eigenvalue weighted by Crippen LogP contribution is -2.30. The molecule has 0 bridgehead atoms. The first-order valence-corrected chi connectivity index (χ1v) is 27.9. The van der Waals surface area contributed by atoms with Gasteiger partial charge >= 0.3 is 17.9 Å². The molecule has 0 aromatic rings. The number of carbonyl (C=O) groups is 3. The molecule has 386 valence electrons. The Labute approximate surface area is 419 Å². The van der Waals surface area contributed by atoms with E-state index >= 15 is 0 Å². The number of carbonyl (C=O) groups excluding carboxylic acids is 3. The lowest BCUT2D eigenvalue weighted by Gasteiger charge is -2.18. The molecule has 0 aromatic heterocycles. The van der Waals surface area contributed by atoms with Crippen LogP contribution in [0.1, 0.15) is 245 Å². The number of rotatable bonds is 49. The third-order valence-electron chi connectivity index (χ3n) is 11.5. The fourth-order valence-electron chi connectivity index (χ4n) is 7.33. The van der Waals surface area contributed by atoms with Gasteiger partial charge in [0.1, 0.15) is 13.2 Å². The molecule has 0 N–H and O–H groups in total. The number of hydrogen-bond donors (Lipinski definition) is 0. The lowest BCUT2D eigenvalue weighted by atomic mass is 10.0. The zero-order valence-electron chi connectivity index (χ0n) is 44.1. The molecular weight excluding hydrogens is 841 g/mol. The first-order chi connectivity index (χ1) is 33.5. The molecular formula is C62H102O6. The van der Waals surface area contributed by atoms with Gasteiger partial charge in [-0.25, -0.2) is 0 Å². The largest absolute Gasteiger partial charge is 0.462 e. The van der Waals surface area contributed by atoms with Crippen molar-refractivity contribution in [2.75, 3.05) is 13.2 Å². The van der Waals surface area contributed by atoms with E-state index in [1.54, 1.807) is 0 Å². The third kappa shape index (κ3) is 53.0. The Morgan fingerprint density at radius 3 is 0.926 bits per heavy atom. The van der Waals surface area contributed by atoms with E-state index in [1.165, 1.54) is 83.5 Å². The number of allylic oxidation sites excluding steroid dienone is 18. The van der Waals surface area contributed by atoms with Gasteiger partial charge in [-0.15, -0.1) is 0 Å². The van der Waals surface area contributed by atoms with Crippen molar-refractivity contribution in [3.8, 4) is 0 Å². The van der Waals surface area contributed by atoms with Crippen LogP contribution in [0.4, 0.5) is 0 Å². The van der Waals surface area contributed by atoms with Gasteiger partial charge in [-0.3, -0.25) is 14.4 Å². The van der Waals surface area contributed by atoms with Crippen LogP contribution in [0.25, 0.3) is 0 Å². The van der Waals surface area contributed by atoms with Gasteiger partial charge in [0.05, 0.1) is 0 Å². The Balaban J connectivity index is 4.48. The van der Waals surface area contributed by atoms with Crippen LogP contribution < -0.4 is 0 Å². The Kier molecular flexibility index (Phi) is 52.4. The normalized spacial score (nSPS) is 12.9. The molecule has 0 unspecified atom stereocenters. The number of esters is 3. The number of unbranched alkanes of at least 4 members (excludes halogenated alkanes) is 20. The second-order valence-corrected chi connectivity index (χ2v) is 18.1. The van der Waals surface area contributed by atoms with Gasteiger partial charge in [0.25, 0.3) is 0 Å². The Morgan fingerprint density at radius 1 is 0.309 bits per heavy atom. The van der Waals surface area contributed by atoms with Crippen LogP contribution in [0.2, 0.25) is 0 Å². The van der Waals surface area contributed by atoms with Gasteiger partial charge in [-0.05, 0) is 109 Å². The van der Waals surface area contributed by atoms with Crippen LogP contribution in [0.5, 0.6) is 0 Å². The van der Waals surface area contributed by atoms with Gasteiger partial charge in [-0.2, -0.15) is 0 Å². The van der Waals surface area contributed by atoms with Crippen LogP contribution in [-0.4, -0.2) is 37.2 Å². The van der Waals surface area contributed by atoms with Crippen molar-refractivity contribution < 1.29 is 28.6 Å². The van der Waals surface area contributed by atoms with Gasteiger partial charge in [0.15, 0.2) is 6.10 Å². The van der Waals surface area contributed by atoms with Crippen molar-refractivity contribution >= 4 is 17.9 Å². The molecule has 0 heterocycles. The molecule has 0 spiro atoms. The molecule has 0 saturated heterocycles. The lowest BCUT2D eigenvalue weighted by molar-refractivity contribution is -0.167. The quantitative estimate of drug-likeness (QED) is 0.0262. The maximum absolute atomic E-state index is 12.8. The van der Waals surface area contributed by atoms with E-state index in [0.29, 0.717) is 19.3 Å². The molecule has 0 fully saturated rings. The van der Waals surface area contributed by atoms with Crippen LogP contribution in [0, 0.1) is 0 Å². The molecule has 0 aromatic carbocycles. The van der Waals surface area contributed by atoms with Crippen molar-refractivity contribution in [1.29, 1.82) is 0 Å². The first kappa shape index (κ1) is 64.1. The van der Waals surface area contributed by atoms with Crippen LogP contribution in [0.15, 0.2) is 109 Å². The van der Waals surface area contributed by atoms with Crippen molar-refractivity contribution in [2.24, 2.45) is 0 Å². The highest BCUT2D eigenvalue weighted by Gasteiger charge is 2.19. The highest BCUT2D eigenvalue weighted by molar-refractivity contribution is 5.71. The zero-order valence-corrected chi connectivity index (χ0v) is 44.1. The molecule has 6 heteroatoms. The molecule has 0 aliphatic rings. The summed E-state index contributed by atoms with van der Waals surface area (Å²) in [6.45, 7) is 6.43. The molecule has 0 rings (SSSR count). The van der Waals surface area contributed by atoms with Crippen molar-refractivity contribution in [1.82, 2.24) is 0 Å². The molecule has 0 saturated carbocycles. The van der Waals surface area contributed by atoms with Crippen LogP contribution in [-0.2, 0) is 28.6 Å². The van der Waals surface area contributed by atoms with Gasteiger partial charge in [0, 0.05) is 19.3 Å². The van der Waals surface area contributed by atoms with E-state index in [2.05, 4.69) is 130 Å². The Hall–Kier alpha value is -3.93. The maximum Gasteiger partial charge on any atom is 0.306 e. The summed E-state index contributed by atoms with van der Waals surface area (Å²) in [7, 11) is 0. The van der Waals surface area contributed by atoms with Crippen LogP contribution in [0.3, 0.4) is 0 Å². The summed E-state index contributed by atoms with van der Waals surface area (Å²) >= 11 is 0. The number of ether oxygens (including phenoxy) is 3. The minimum absolute atomic E-state index is 0.105. The summed E-state index contributed by atoms with van der Waals surface area (Å²) in [4.78, 5) is 38.1. The van der Waals surface area contributed by atoms with Crippen LogP contribution >= 0.6 is 0 Å². The summed E-state index contributed by atoms with van der Waals surface area (Å²) in [5, 5.41) is 0. The monoisotopic (exact) mass is 943 g/mol. The topological polar surface area (TPSA) is 78.9 Å². The summed E-state index contributed by atoms with van der Waals surface area (Å²) in [6.07, 6.45) is 75.0. The molecule has 68 heavy (non-hydrogen) atoms. The van der Waals surface area contributed by atoms with E-state index in [9.17, 15) is 14.4 Å². The second-order valence-electron chi connectivity index (χ2n) is 18.1. The van der Waals surface area contributed by atoms with E-state index < -0.39 is 6.10 Å². The number of hydrogen-bond acceptors (Lipinski definition) is 6. The molecule has 0 aliphatic carbocycles. The van der Waals surface area contributed by atoms with E-state index in [-0.39, 0.29) is 31.1 Å². The van der Waals surface area contributed by atoms with Gasteiger partial charge < -0.3 is 14.2 Å². The fraction of sp³-hybridized carbons (Fsp3) is 0.661. The Bertz CT molecular complexity index is 1410. The van der Waals surface area contributed by atoms with E-state index in [4.69, 9.17) is 14.2 Å². The summed E-state index contributed by atoms with van der Waals surface area (Å²) in [6, 6.07) is 0. The first-order valence-electron chi connectivity index (χ1n) is 27.9. The minimum Gasteiger partial charge on any atom is -0.462 e. The molecule has 1 atom stereocenters. The third-order valence-corrected chi connectivity index (χ3v) is 11.5. The molecule has 6 nitrogen and oxygen atoms in total. The van der Waals surface area contributed by atoms with E-state index in [0.717, 1.165) is 122 Å².